The van der Waals surface area contributed by atoms with Crippen LogP contribution in [0.1, 0.15) is 44.4 Å². The SMILES string of the molecule is Cc1cc(CC(C)C)ccc1-c1cc([Si](C)(C)C)c(CC(C)C)c[n+]1C. The van der Waals surface area contributed by atoms with Gasteiger partial charge in [-0.15, -0.1) is 0 Å². The molecule has 0 aliphatic carbocycles. The van der Waals surface area contributed by atoms with Gasteiger partial charge in [-0.1, -0.05) is 59.5 Å². The van der Waals surface area contributed by atoms with Gasteiger partial charge in [-0.05, 0) is 54.0 Å². The van der Waals surface area contributed by atoms with Gasteiger partial charge in [-0.3, -0.25) is 0 Å². The van der Waals surface area contributed by atoms with E-state index in [4.69, 9.17) is 0 Å². The highest BCUT2D eigenvalue weighted by Crippen LogP contribution is 2.24. The molecular formula is C24H38NSi+. The van der Waals surface area contributed by atoms with Crippen LogP contribution in [0.15, 0.2) is 30.5 Å². The minimum Gasteiger partial charge on any atom is -0.201 e. The van der Waals surface area contributed by atoms with Crippen molar-refractivity contribution in [2.45, 2.75) is 67.1 Å². The van der Waals surface area contributed by atoms with Crippen LogP contribution in [0.25, 0.3) is 11.3 Å². The first-order valence-electron chi connectivity index (χ1n) is 10.1. The van der Waals surface area contributed by atoms with Crippen molar-refractivity contribution in [1.29, 1.82) is 0 Å². The molecular weight excluding hydrogens is 330 g/mol. The van der Waals surface area contributed by atoms with Gasteiger partial charge in [0.2, 0.25) is 5.69 Å². The Morgan fingerprint density at radius 2 is 1.54 bits per heavy atom. The topological polar surface area (TPSA) is 3.88 Å². The summed E-state index contributed by atoms with van der Waals surface area (Å²) in [5.41, 5.74) is 7.10. The van der Waals surface area contributed by atoms with Crippen molar-refractivity contribution in [3.63, 3.8) is 0 Å². The number of nitrogens with zero attached hydrogens (tertiary/aromatic N) is 1. The monoisotopic (exact) mass is 368 g/mol. The predicted octanol–water partition coefficient (Wildman–Crippen LogP) is 5.43. The van der Waals surface area contributed by atoms with Crippen LogP contribution in [0.5, 0.6) is 0 Å². The molecule has 0 amide bonds. The zero-order valence-electron chi connectivity index (χ0n) is 18.4. The highest BCUT2D eigenvalue weighted by atomic mass is 28.3. The highest BCUT2D eigenvalue weighted by Gasteiger charge is 2.26. The van der Waals surface area contributed by atoms with Crippen LogP contribution in [-0.2, 0) is 19.9 Å². The Labute approximate surface area is 162 Å². The fourth-order valence-electron chi connectivity index (χ4n) is 3.88. The van der Waals surface area contributed by atoms with Gasteiger partial charge in [-0.25, -0.2) is 4.57 Å². The average Bonchev–Trinajstić information content (AvgIpc) is 2.45. The number of benzene rings is 1. The maximum atomic E-state index is 2.49. The number of pyridine rings is 1. The Balaban J connectivity index is 2.56. The van der Waals surface area contributed by atoms with Crippen LogP contribution < -0.4 is 9.75 Å². The van der Waals surface area contributed by atoms with Gasteiger partial charge in [0.25, 0.3) is 0 Å². The molecule has 142 valence electrons. The van der Waals surface area contributed by atoms with Gasteiger partial charge >= 0.3 is 0 Å². The van der Waals surface area contributed by atoms with E-state index in [-0.39, 0.29) is 0 Å². The molecule has 0 saturated heterocycles. The summed E-state index contributed by atoms with van der Waals surface area (Å²) in [6, 6.07) is 9.52. The fraction of sp³-hybridized carbons (Fsp3) is 0.542. The Morgan fingerprint density at radius 1 is 0.923 bits per heavy atom. The Morgan fingerprint density at radius 3 is 2.04 bits per heavy atom. The van der Waals surface area contributed by atoms with E-state index < -0.39 is 8.07 Å². The molecule has 1 heterocycles. The molecule has 0 spiro atoms. The molecule has 26 heavy (non-hydrogen) atoms. The van der Waals surface area contributed by atoms with Crippen LogP contribution in [0.2, 0.25) is 19.6 Å². The number of hydrogen-bond acceptors (Lipinski definition) is 0. The molecule has 0 aliphatic heterocycles. The molecule has 2 aromatic rings. The third-order valence-corrected chi connectivity index (χ3v) is 7.08. The van der Waals surface area contributed by atoms with E-state index in [2.05, 4.69) is 96.3 Å². The van der Waals surface area contributed by atoms with Crippen molar-refractivity contribution in [2.75, 3.05) is 0 Å². The second-order valence-corrected chi connectivity index (χ2v) is 14.8. The van der Waals surface area contributed by atoms with E-state index in [1.165, 1.54) is 28.8 Å². The zero-order valence-corrected chi connectivity index (χ0v) is 19.4. The van der Waals surface area contributed by atoms with E-state index in [1.807, 2.05) is 0 Å². The normalized spacial score (nSPS) is 12.3. The summed E-state index contributed by atoms with van der Waals surface area (Å²) < 4.78 is 2.34. The lowest BCUT2D eigenvalue weighted by Crippen LogP contribution is -2.45. The van der Waals surface area contributed by atoms with E-state index in [9.17, 15) is 0 Å². The lowest BCUT2D eigenvalue weighted by molar-refractivity contribution is -0.660. The van der Waals surface area contributed by atoms with Crippen LogP contribution >= 0.6 is 0 Å². The smallest absolute Gasteiger partial charge is 0.201 e. The van der Waals surface area contributed by atoms with E-state index >= 15 is 0 Å². The summed E-state index contributed by atoms with van der Waals surface area (Å²) in [4.78, 5) is 0. The first-order chi connectivity index (χ1) is 12.0. The summed E-state index contributed by atoms with van der Waals surface area (Å²) in [5, 5.41) is 1.62. The van der Waals surface area contributed by atoms with E-state index in [0.717, 1.165) is 6.42 Å². The van der Waals surface area contributed by atoms with Gasteiger partial charge in [-0.2, -0.15) is 0 Å². The molecule has 2 heteroatoms. The molecule has 0 N–H and O–H groups in total. The second kappa shape index (κ2) is 8.08. The fourth-order valence-corrected chi connectivity index (χ4v) is 5.58. The molecule has 0 aliphatic rings. The van der Waals surface area contributed by atoms with Crippen molar-refractivity contribution >= 4 is 13.3 Å². The van der Waals surface area contributed by atoms with E-state index in [1.54, 1.807) is 10.8 Å². The number of hydrogen-bond donors (Lipinski definition) is 0. The van der Waals surface area contributed by atoms with Crippen LogP contribution in [0.4, 0.5) is 0 Å². The first-order valence-corrected chi connectivity index (χ1v) is 13.6. The van der Waals surface area contributed by atoms with Crippen LogP contribution in [0, 0.1) is 18.8 Å². The van der Waals surface area contributed by atoms with E-state index in [0.29, 0.717) is 11.8 Å². The van der Waals surface area contributed by atoms with Crippen LogP contribution in [0.3, 0.4) is 0 Å². The van der Waals surface area contributed by atoms with Gasteiger partial charge in [0.05, 0.1) is 8.07 Å². The number of aromatic nitrogens is 1. The average molecular weight is 369 g/mol. The summed E-state index contributed by atoms with van der Waals surface area (Å²) in [6.07, 6.45) is 4.71. The third kappa shape index (κ3) is 5.06. The minimum absolute atomic E-state index is 0.688. The molecule has 0 unspecified atom stereocenters. The second-order valence-electron chi connectivity index (χ2n) is 9.80. The molecule has 1 nitrogen and oxygen atoms in total. The maximum absolute atomic E-state index is 2.49. The molecule has 2 rings (SSSR count). The quantitative estimate of drug-likeness (QED) is 0.473. The summed E-state index contributed by atoms with van der Waals surface area (Å²) >= 11 is 0. The van der Waals surface area contributed by atoms with Crippen molar-refractivity contribution in [3.8, 4) is 11.3 Å². The first kappa shape index (κ1) is 20.9. The Bertz CT molecular complexity index is 767. The van der Waals surface area contributed by atoms with Crippen molar-refractivity contribution in [2.24, 2.45) is 18.9 Å². The molecule has 0 saturated carbocycles. The summed E-state index contributed by atoms with van der Waals surface area (Å²) in [6.45, 7) is 18.9. The Hall–Kier alpha value is -1.41. The van der Waals surface area contributed by atoms with Gasteiger partial charge in [0.15, 0.2) is 6.20 Å². The van der Waals surface area contributed by atoms with Gasteiger partial charge < -0.3 is 0 Å². The largest absolute Gasteiger partial charge is 0.212 e. The maximum Gasteiger partial charge on any atom is 0.212 e. The van der Waals surface area contributed by atoms with Gasteiger partial charge in [0.1, 0.15) is 7.05 Å². The number of aryl methyl sites for hydroxylation is 2. The lowest BCUT2D eigenvalue weighted by Gasteiger charge is -2.22. The molecule has 1 aromatic carbocycles. The molecule has 0 atom stereocenters. The van der Waals surface area contributed by atoms with Crippen molar-refractivity contribution in [3.05, 3.63) is 47.2 Å². The van der Waals surface area contributed by atoms with Crippen molar-refractivity contribution < 1.29 is 4.57 Å². The van der Waals surface area contributed by atoms with Crippen molar-refractivity contribution in [1.82, 2.24) is 0 Å². The molecule has 0 radical (unpaired) electrons. The summed E-state index contributed by atoms with van der Waals surface area (Å²) in [7, 11) is 0.808. The summed E-state index contributed by atoms with van der Waals surface area (Å²) in [5.74, 6) is 1.39. The standard InChI is InChI=1S/C24H38NSi/c1-17(2)12-20-10-11-22(19(5)14-20)23-15-24(26(7,8)9)21(13-18(3)4)16-25(23)6/h10-11,14-18H,12-13H2,1-9H3/q+1. The highest BCUT2D eigenvalue weighted by molar-refractivity contribution is 6.89. The van der Waals surface area contributed by atoms with Gasteiger partial charge in [0, 0.05) is 17.2 Å². The molecule has 1 aromatic heterocycles. The molecule has 0 fully saturated rings. The molecule has 0 bridgehead atoms. The van der Waals surface area contributed by atoms with Crippen LogP contribution in [-0.4, -0.2) is 8.07 Å². The Kier molecular flexibility index (Phi) is 6.49. The predicted molar refractivity (Wildman–Crippen MR) is 118 cm³/mol. The zero-order chi connectivity index (χ0) is 19.6. The third-order valence-electron chi connectivity index (χ3n) is 5.00. The lowest BCUT2D eigenvalue weighted by atomic mass is 9.96. The number of rotatable bonds is 6. The minimum atomic E-state index is -1.40.